The number of halogens is 1. The van der Waals surface area contributed by atoms with Crippen LogP contribution >= 0.6 is 11.3 Å². The molecule has 0 fully saturated rings. The highest BCUT2D eigenvalue weighted by molar-refractivity contribution is 7.22. The number of benzene rings is 2. The number of carbonyl (C=O) groups excluding carboxylic acids is 1. The van der Waals surface area contributed by atoms with E-state index in [2.05, 4.69) is 10.3 Å². The highest BCUT2D eigenvalue weighted by Gasteiger charge is 2.14. The Labute approximate surface area is 127 Å². The Morgan fingerprint density at radius 1 is 1.27 bits per heavy atom. The predicted octanol–water partition coefficient (Wildman–Crippen LogP) is 3.60. The molecule has 0 spiro atoms. The normalized spacial score (nSPS) is 10.6. The molecule has 1 heterocycles. The van der Waals surface area contributed by atoms with Gasteiger partial charge in [-0.3, -0.25) is 20.2 Å². The highest BCUT2D eigenvalue weighted by atomic mass is 32.1. The van der Waals surface area contributed by atoms with Crippen LogP contribution in [-0.4, -0.2) is 15.8 Å². The van der Waals surface area contributed by atoms with Crippen LogP contribution in [0.4, 0.5) is 15.2 Å². The van der Waals surface area contributed by atoms with Gasteiger partial charge in [-0.25, -0.2) is 9.37 Å². The number of non-ortho nitro benzene ring substituents is 1. The van der Waals surface area contributed by atoms with Gasteiger partial charge in [-0.15, -0.1) is 0 Å². The molecule has 0 saturated carbocycles. The van der Waals surface area contributed by atoms with Gasteiger partial charge < -0.3 is 0 Å². The van der Waals surface area contributed by atoms with E-state index in [4.69, 9.17) is 0 Å². The molecule has 3 rings (SSSR count). The lowest BCUT2D eigenvalue weighted by Crippen LogP contribution is -2.11. The Bertz CT molecular complexity index is 894. The molecule has 110 valence electrons. The van der Waals surface area contributed by atoms with Crippen LogP contribution in [-0.2, 0) is 0 Å². The maximum atomic E-state index is 13.6. The number of nitro benzene ring substituents is 1. The molecular formula is C14H8FN3O3S. The molecule has 0 saturated heterocycles. The zero-order chi connectivity index (χ0) is 15.7. The molecule has 1 aromatic heterocycles. The van der Waals surface area contributed by atoms with Crippen LogP contribution in [0.3, 0.4) is 0 Å². The number of aromatic nitrogens is 1. The van der Waals surface area contributed by atoms with Gasteiger partial charge in [0.25, 0.3) is 11.6 Å². The molecule has 0 bridgehead atoms. The van der Waals surface area contributed by atoms with Gasteiger partial charge in [0.2, 0.25) is 0 Å². The van der Waals surface area contributed by atoms with Crippen molar-refractivity contribution in [3.05, 3.63) is 64.0 Å². The van der Waals surface area contributed by atoms with Crippen LogP contribution in [0.15, 0.2) is 42.5 Å². The van der Waals surface area contributed by atoms with Gasteiger partial charge >= 0.3 is 0 Å². The second kappa shape index (κ2) is 5.49. The van der Waals surface area contributed by atoms with E-state index in [1.165, 1.54) is 30.3 Å². The molecule has 0 atom stereocenters. The Kier molecular flexibility index (Phi) is 3.51. The summed E-state index contributed by atoms with van der Waals surface area (Å²) in [5, 5.41) is 13.5. The SMILES string of the molecule is O=C(Nc1nc2c(F)cccc2s1)c1cccc([N+](=O)[O-])c1. The molecule has 0 aliphatic rings. The fraction of sp³-hybridized carbons (Fsp3) is 0. The molecule has 1 amide bonds. The van der Waals surface area contributed by atoms with E-state index in [1.54, 1.807) is 12.1 Å². The van der Waals surface area contributed by atoms with E-state index in [9.17, 15) is 19.3 Å². The van der Waals surface area contributed by atoms with Gasteiger partial charge in [0.05, 0.1) is 9.62 Å². The second-order valence-electron chi connectivity index (χ2n) is 4.37. The van der Waals surface area contributed by atoms with Gasteiger partial charge in [-0.1, -0.05) is 23.5 Å². The van der Waals surface area contributed by atoms with Crippen molar-refractivity contribution in [3.8, 4) is 0 Å². The number of para-hydroxylation sites is 1. The van der Waals surface area contributed by atoms with Crippen molar-refractivity contribution >= 4 is 38.3 Å². The molecule has 0 radical (unpaired) electrons. The average Bonchev–Trinajstić information content (AvgIpc) is 2.91. The zero-order valence-electron chi connectivity index (χ0n) is 10.9. The van der Waals surface area contributed by atoms with Gasteiger partial charge in [-0.05, 0) is 18.2 Å². The van der Waals surface area contributed by atoms with E-state index in [0.29, 0.717) is 4.70 Å². The number of hydrogen-bond acceptors (Lipinski definition) is 5. The van der Waals surface area contributed by atoms with Crippen molar-refractivity contribution < 1.29 is 14.1 Å². The number of thiazole rings is 1. The quantitative estimate of drug-likeness (QED) is 0.591. The molecule has 22 heavy (non-hydrogen) atoms. The summed E-state index contributed by atoms with van der Waals surface area (Å²) in [6.45, 7) is 0. The standard InChI is InChI=1S/C14H8FN3O3S/c15-10-5-2-6-11-12(10)16-14(22-11)17-13(19)8-3-1-4-9(7-8)18(20)21/h1-7H,(H,16,17,19). The Morgan fingerprint density at radius 2 is 2.05 bits per heavy atom. The van der Waals surface area contributed by atoms with E-state index in [1.807, 2.05) is 0 Å². The number of fused-ring (bicyclic) bond motifs is 1. The summed E-state index contributed by atoms with van der Waals surface area (Å²) in [5.41, 5.74) is 0.138. The lowest BCUT2D eigenvalue weighted by molar-refractivity contribution is -0.384. The molecule has 1 N–H and O–H groups in total. The van der Waals surface area contributed by atoms with Crippen LogP contribution in [0.2, 0.25) is 0 Å². The molecule has 3 aromatic rings. The van der Waals surface area contributed by atoms with E-state index in [0.717, 1.165) is 11.3 Å². The third kappa shape index (κ3) is 2.63. The number of anilines is 1. The van der Waals surface area contributed by atoms with Crippen LogP contribution in [0.5, 0.6) is 0 Å². The number of nitrogens with zero attached hydrogens (tertiary/aromatic N) is 2. The Hall–Kier alpha value is -2.87. The van der Waals surface area contributed by atoms with Gasteiger partial charge in [0, 0.05) is 17.7 Å². The van der Waals surface area contributed by atoms with Crippen molar-refractivity contribution in [2.75, 3.05) is 5.32 Å². The number of carbonyl (C=O) groups is 1. The van der Waals surface area contributed by atoms with E-state index >= 15 is 0 Å². The summed E-state index contributed by atoms with van der Waals surface area (Å²) in [5.74, 6) is -1.01. The Balaban J connectivity index is 1.88. The van der Waals surface area contributed by atoms with Crippen LogP contribution in [0.25, 0.3) is 10.2 Å². The number of nitro groups is 1. The minimum absolute atomic E-state index is 0.133. The first kappa shape index (κ1) is 14.1. The molecular weight excluding hydrogens is 309 g/mol. The summed E-state index contributed by atoms with van der Waals surface area (Å²) in [6, 6.07) is 9.88. The average molecular weight is 317 g/mol. The summed E-state index contributed by atoms with van der Waals surface area (Å²) < 4.78 is 14.2. The fourth-order valence-corrected chi connectivity index (χ4v) is 2.77. The fourth-order valence-electron chi connectivity index (χ4n) is 1.90. The van der Waals surface area contributed by atoms with Crippen molar-refractivity contribution in [3.63, 3.8) is 0 Å². The van der Waals surface area contributed by atoms with Gasteiger partial charge in [0.1, 0.15) is 11.3 Å². The molecule has 8 heteroatoms. The molecule has 0 unspecified atom stereocenters. The molecule has 6 nitrogen and oxygen atoms in total. The minimum atomic E-state index is -0.580. The molecule has 0 aliphatic carbocycles. The summed E-state index contributed by atoms with van der Waals surface area (Å²) >= 11 is 1.13. The first-order valence-corrected chi connectivity index (χ1v) is 6.97. The van der Waals surface area contributed by atoms with Gasteiger partial charge in [0.15, 0.2) is 5.13 Å². The minimum Gasteiger partial charge on any atom is -0.298 e. The summed E-state index contributed by atoms with van der Waals surface area (Å²) in [7, 11) is 0. The lowest BCUT2D eigenvalue weighted by Gasteiger charge is -2.01. The maximum Gasteiger partial charge on any atom is 0.270 e. The third-order valence-electron chi connectivity index (χ3n) is 2.91. The number of nitrogens with one attached hydrogen (secondary N) is 1. The number of hydrogen-bond donors (Lipinski definition) is 1. The van der Waals surface area contributed by atoms with Crippen molar-refractivity contribution in [1.29, 1.82) is 0 Å². The van der Waals surface area contributed by atoms with E-state index in [-0.39, 0.29) is 21.9 Å². The highest BCUT2D eigenvalue weighted by Crippen LogP contribution is 2.28. The monoisotopic (exact) mass is 317 g/mol. The first-order chi connectivity index (χ1) is 10.5. The smallest absolute Gasteiger partial charge is 0.270 e. The van der Waals surface area contributed by atoms with Crippen LogP contribution in [0.1, 0.15) is 10.4 Å². The number of rotatable bonds is 3. The topological polar surface area (TPSA) is 85.1 Å². The van der Waals surface area contributed by atoms with Crippen molar-refractivity contribution in [2.24, 2.45) is 0 Å². The lowest BCUT2D eigenvalue weighted by atomic mass is 10.2. The molecule has 2 aromatic carbocycles. The number of amides is 1. The zero-order valence-corrected chi connectivity index (χ0v) is 11.8. The van der Waals surface area contributed by atoms with Crippen molar-refractivity contribution in [1.82, 2.24) is 4.98 Å². The van der Waals surface area contributed by atoms with Crippen LogP contribution in [0, 0.1) is 15.9 Å². The van der Waals surface area contributed by atoms with E-state index < -0.39 is 16.6 Å². The maximum absolute atomic E-state index is 13.6. The van der Waals surface area contributed by atoms with Crippen molar-refractivity contribution in [2.45, 2.75) is 0 Å². The van der Waals surface area contributed by atoms with Crippen LogP contribution < -0.4 is 5.32 Å². The summed E-state index contributed by atoms with van der Waals surface area (Å²) in [6.07, 6.45) is 0. The first-order valence-electron chi connectivity index (χ1n) is 6.15. The largest absolute Gasteiger partial charge is 0.298 e. The summed E-state index contributed by atoms with van der Waals surface area (Å²) in [4.78, 5) is 26.2. The second-order valence-corrected chi connectivity index (χ2v) is 5.40. The molecule has 0 aliphatic heterocycles. The predicted molar refractivity (Wildman–Crippen MR) is 80.6 cm³/mol. The third-order valence-corrected chi connectivity index (χ3v) is 3.85. The van der Waals surface area contributed by atoms with Gasteiger partial charge in [-0.2, -0.15) is 0 Å². The Morgan fingerprint density at radius 3 is 2.77 bits per heavy atom.